The third-order valence-electron chi connectivity index (χ3n) is 3.69. The molecule has 0 radical (unpaired) electrons. The van der Waals surface area contributed by atoms with Crippen molar-refractivity contribution in [2.75, 3.05) is 25.6 Å². The molecule has 0 aliphatic carbocycles. The first-order chi connectivity index (χ1) is 11.8. The topological polar surface area (TPSA) is 76.1 Å². The second kappa shape index (κ2) is 8.07. The van der Waals surface area contributed by atoms with Crippen LogP contribution < -0.4 is 10.6 Å². The van der Waals surface area contributed by atoms with Gasteiger partial charge in [0.15, 0.2) is 0 Å². The maximum atomic E-state index is 12.1. The molecule has 2 aromatic rings. The van der Waals surface area contributed by atoms with Gasteiger partial charge in [0, 0.05) is 25.4 Å². The number of methoxy groups -OCH3 is 1. The summed E-state index contributed by atoms with van der Waals surface area (Å²) in [6.07, 6.45) is 0. The fourth-order valence-corrected chi connectivity index (χ4v) is 2.31. The molecule has 0 aliphatic heterocycles. The molecule has 6 heteroatoms. The lowest BCUT2D eigenvalue weighted by Crippen LogP contribution is -2.28. The standard InChI is InChI=1S/C19H26N4O2/c1-13-21-16(18(24)20-10-11-25-5)12-17(22-13)23-15-8-6-14(7-9-15)19(2,3)4/h6-9,12H,10-11H2,1-5H3,(H,20,24)(H,21,22,23). The summed E-state index contributed by atoms with van der Waals surface area (Å²) in [5, 5.41) is 5.99. The lowest BCUT2D eigenvalue weighted by Gasteiger charge is -2.19. The number of amides is 1. The summed E-state index contributed by atoms with van der Waals surface area (Å²) >= 11 is 0. The zero-order valence-electron chi connectivity index (χ0n) is 15.5. The molecule has 2 N–H and O–H groups in total. The first-order valence-corrected chi connectivity index (χ1v) is 8.30. The Morgan fingerprint density at radius 3 is 2.44 bits per heavy atom. The second-order valence-corrected chi connectivity index (χ2v) is 6.89. The van der Waals surface area contributed by atoms with Crippen LogP contribution in [-0.4, -0.2) is 36.1 Å². The van der Waals surface area contributed by atoms with Crippen LogP contribution in [0.25, 0.3) is 0 Å². The van der Waals surface area contributed by atoms with Crippen molar-refractivity contribution in [3.63, 3.8) is 0 Å². The quantitative estimate of drug-likeness (QED) is 0.789. The normalized spacial score (nSPS) is 11.2. The highest BCUT2D eigenvalue weighted by Crippen LogP contribution is 2.24. The van der Waals surface area contributed by atoms with Gasteiger partial charge >= 0.3 is 0 Å². The van der Waals surface area contributed by atoms with Gasteiger partial charge in [0.05, 0.1) is 6.61 Å². The van der Waals surface area contributed by atoms with Crippen molar-refractivity contribution in [3.8, 4) is 0 Å². The highest BCUT2D eigenvalue weighted by atomic mass is 16.5. The van der Waals surface area contributed by atoms with Crippen LogP contribution >= 0.6 is 0 Å². The SMILES string of the molecule is COCCNC(=O)c1cc(Nc2ccc(C(C)(C)C)cc2)nc(C)n1. The summed E-state index contributed by atoms with van der Waals surface area (Å²) in [6, 6.07) is 9.85. The Morgan fingerprint density at radius 2 is 1.84 bits per heavy atom. The van der Waals surface area contributed by atoms with E-state index in [1.165, 1.54) is 5.56 Å². The van der Waals surface area contributed by atoms with Crippen LogP contribution in [0.5, 0.6) is 0 Å². The van der Waals surface area contributed by atoms with E-state index >= 15 is 0 Å². The number of hydrogen-bond acceptors (Lipinski definition) is 5. The molecule has 0 saturated heterocycles. The minimum absolute atomic E-state index is 0.109. The molecule has 0 spiro atoms. The number of hydrogen-bond donors (Lipinski definition) is 2. The molecule has 6 nitrogen and oxygen atoms in total. The van der Waals surface area contributed by atoms with E-state index in [1.54, 1.807) is 20.1 Å². The molecule has 1 amide bonds. The monoisotopic (exact) mass is 342 g/mol. The van der Waals surface area contributed by atoms with Crippen molar-refractivity contribution in [1.82, 2.24) is 15.3 Å². The van der Waals surface area contributed by atoms with Crippen LogP contribution in [0.1, 0.15) is 42.6 Å². The smallest absolute Gasteiger partial charge is 0.270 e. The van der Waals surface area contributed by atoms with Gasteiger partial charge in [-0.05, 0) is 30.0 Å². The molecule has 0 bridgehead atoms. The largest absolute Gasteiger partial charge is 0.383 e. The molecule has 1 aromatic carbocycles. The predicted octanol–water partition coefficient (Wildman–Crippen LogP) is 3.20. The summed E-state index contributed by atoms with van der Waals surface area (Å²) in [7, 11) is 1.59. The summed E-state index contributed by atoms with van der Waals surface area (Å²) in [5.74, 6) is 0.884. The van der Waals surface area contributed by atoms with E-state index in [9.17, 15) is 4.79 Å². The Balaban J connectivity index is 2.13. The fourth-order valence-electron chi connectivity index (χ4n) is 2.31. The lowest BCUT2D eigenvalue weighted by molar-refractivity contribution is 0.0931. The third kappa shape index (κ3) is 5.53. The molecule has 25 heavy (non-hydrogen) atoms. The van der Waals surface area contributed by atoms with Crippen molar-refractivity contribution in [2.45, 2.75) is 33.1 Å². The Bertz CT molecular complexity index is 721. The summed E-state index contributed by atoms with van der Waals surface area (Å²) in [4.78, 5) is 20.7. The molecule has 0 atom stereocenters. The van der Waals surface area contributed by atoms with Gasteiger partial charge in [-0.3, -0.25) is 4.79 Å². The van der Waals surface area contributed by atoms with Crippen molar-refractivity contribution in [1.29, 1.82) is 0 Å². The van der Waals surface area contributed by atoms with Crippen molar-refractivity contribution < 1.29 is 9.53 Å². The Morgan fingerprint density at radius 1 is 1.16 bits per heavy atom. The number of carbonyl (C=O) groups is 1. The van der Waals surface area contributed by atoms with Crippen LogP contribution in [-0.2, 0) is 10.2 Å². The number of nitrogens with zero attached hydrogens (tertiary/aromatic N) is 2. The molecular weight excluding hydrogens is 316 g/mol. The Kier molecular flexibility index (Phi) is 6.09. The number of benzene rings is 1. The van der Waals surface area contributed by atoms with Crippen LogP contribution in [0.3, 0.4) is 0 Å². The summed E-state index contributed by atoms with van der Waals surface area (Å²) < 4.78 is 4.93. The Labute approximate surface area is 149 Å². The second-order valence-electron chi connectivity index (χ2n) is 6.89. The summed E-state index contributed by atoms with van der Waals surface area (Å²) in [6.45, 7) is 9.20. The highest BCUT2D eigenvalue weighted by molar-refractivity contribution is 5.93. The molecule has 1 aromatic heterocycles. The minimum atomic E-state index is -0.242. The van der Waals surface area contributed by atoms with Crippen molar-refractivity contribution in [2.24, 2.45) is 0 Å². The van der Waals surface area contributed by atoms with Gasteiger partial charge in [0.2, 0.25) is 0 Å². The van der Waals surface area contributed by atoms with Gasteiger partial charge < -0.3 is 15.4 Å². The number of ether oxygens (including phenoxy) is 1. The molecule has 0 fully saturated rings. The highest BCUT2D eigenvalue weighted by Gasteiger charge is 2.13. The average Bonchev–Trinajstić information content (AvgIpc) is 2.54. The van der Waals surface area contributed by atoms with Crippen LogP contribution in [0.4, 0.5) is 11.5 Å². The maximum absolute atomic E-state index is 12.1. The van der Waals surface area contributed by atoms with E-state index in [2.05, 4.69) is 53.5 Å². The molecule has 134 valence electrons. The summed E-state index contributed by atoms with van der Waals surface area (Å²) in [5.41, 5.74) is 2.61. The van der Waals surface area contributed by atoms with E-state index in [4.69, 9.17) is 4.74 Å². The zero-order valence-corrected chi connectivity index (χ0v) is 15.5. The van der Waals surface area contributed by atoms with E-state index in [1.807, 2.05) is 12.1 Å². The van der Waals surface area contributed by atoms with E-state index in [-0.39, 0.29) is 11.3 Å². The van der Waals surface area contributed by atoms with Gasteiger partial charge in [-0.25, -0.2) is 9.97 Å². The van der Waals surface area contributed by atoms with E-state index in [0.29, 0.717) is 30.5 Å². The Hall–Kier alpha value is -2.47. The third-order valence-corrected chi connectivity index (χ3v) is 3.69. The molecule has 0 unspecified atom stereocenters. The average molecular weight is 342 g/mol. The number of aromatic nitrogens is 2. The number of aryl methyl sites for hydroxylation is 1. The van der Waals surface area contributed by atoms with Crippen LogP contribution in [0.2, 0.25) is 0 Å². The van der Waals surface area contributed by atoms with E-state index in [0.717, 1.165) is 5.69 Å². The molecular formula is C19H26N4O2. The number of anilines is 2. The zero-order chi connectivity index (χ0) is 18.4. The molecule has 2 rings (SSSR count). The first-order valence-electron chi connectivity index (χ1n) is 8.30. The van der Waals surface area contributed by atoms with E-state index < -0.39 is 0 Å². The fraction of sp³-hybridized carbons (Fsp3) is 0.421. The number of rotatable bonds is 6. The van der Waals surface area contributed by atoms with Gasteiger partial charge in [-0.2, -0.15) is 0 Å². The van der Waals surface area contributed by atoms with Gasteiger partial charge in [0.25, 0.3) is 5.91 Å². The van der Waals surface area contributed by atoms with Gasteiger partial charge in [0.1, 0.15) is 17.3 Å². The predicted molar refractivity (Wildman–Crippen MR) is 99.4 cm³/mol. The molecule has 0 saturated carbocycles. The van der Waals surface area contributed by atoms with Gasteiger partial charge in [-0.1, -0.05) is 32.9 Å². The number of nitrogens with one attached hydrogen (secondary N) is 2. The molecule has 0 aliphatic rings. The maximum Gasteiger partial charge on any atom is 0.270 e. The van der Waals surface area contributed by atoms with Crippen molar-refractivity contribution in [3.05, 3.63) is 47.4 Å². The van der Waals surface area contributed by atoms with Crippen molar-refractivity contribution >= 4 is 17.4 Å². The lowest BCUT2D eigenvalue weighted by atomic mass is 9.87. The van der Waals surface area contributed by atoms with Gasteiger partial charge in [-0.15, -0.1) is 0 Å². The van der Waals surface area contributed by atoms with Crippen LogP contribution in [0, 0.1) is 6.92 Å². The van der Waals surface area contributed by atoms with Crippen LogP contribution in [0.15, 0.2) is 30.3 Å². The number of carbonyl (C=O) groups excluding carboxylic acids is 1. The first kappa shape index (κ1) is 18.9. The minimum Gasteiger partial charge on any atom is -0.383 e. The molecule has 1 heterocycles.